The fraction of sp³-hybridized carbons (Fsp3) is 0.308. The number of nitrogens with one attached hydrogen (secondary N) is 1. The molecule has 90 valence electrons. The molecule has 0 amide bonds. The molecule has 0 aromatic carbocycles. The van der Waals surface area contributed by atoms with Crippen molar-refractivity contribution in [3.63, 3.8) is 0 Å². The number of rotatable bonds is 4. The molecule has 0 saturated heterocycles. The first-order valence-electron chi connectivity index (χ1n) is 5.72. The van der Waals surface area contributed by atoms with Gasteiger partial charge in [0.25, 0.3) is 0 Å². The number of hydrogen-bond donors (Lipinski definition) is 2. The third-order valence-electron chi connectivity index (χ3n) is 2.75. The Hall–Kier alpha value is -1.65. The number of nitrogens with two attached hydrogens (primary N) is 1. The highest BCUT2D eigenvalue weighted by Gasteiger charge is 2.16. The van der Waals surface area contributed by atoms with Crippen molar-refractivity contribution in [2.45, 2.75) is 26.3 Å². The van der Waals surface area contributed by atoms with Crippen molar-refractivity contribution in [3.05, 3.63) is 53.2 Å². The van der Waals surface area contributed by atoms with Gasteiger partial charge in [0.15, 0.2) is 0 Å². The average Bonchev–Trinajstić information content (AvgIpc) is 2.81. The van der Waals surface area contributed by atoms with Gasteiger partial charge in [0.2, 0.25) is 0 Å². The summed E-state index contributed by atoms with van der Waals surface area (Å²) >= 11 is 0. The SMILES string of the molecule is CCc1ccc(C(NN)c2ccc(C)nc2)o1. The van der Waals surface area contributed by atoms with Gasteiger partial charge in [-0.1, -0.05) is 13.0 Å². The van der Waals surface area contributed by atoms with Crippen LogP contribution in [-0.2, 0) is 6.42 Å². The summed E-state index contributed by atoms with van der Waals surface area (Å²) in [6, 6.07) is 7.73. The summed E-state index contributed by atoms with van der Waals surface area (Å²) in [7, 11) is 0. The van der Waals surface area contributed by atoms with E-state index in [1.165, 1.54) is 0 Å². The summed E-state index contributed by atoms with van der Waals surface area (Å²) in [6.07, 6.45) is 2.69. The van der Waals surface area contributed by atoms with E-state index in [-0.39, 0.29) is 6.04 Å². The van der Waals surface area contributed by atoms with Crippen LogP contribution in [0.5, 0.6) is 0 Å². The highest BCUT2D eigenvalue weighted by Crippen LogP contribution is 2.23. The molecule has 2 rings (SSSR count). The minimum atomic E-state index is -0.150. The molecule has 0 fully saturated rings. The molecule has 2 heterocycles. The summed E-state index contributed by atoms with van der Waals surface area (Å²) in [4.78, 5) is 4.26. The van der Waals surface area contributed by atoms with Crippen LogP contribution in [0.15, 0.2) is 34.9 Å². The van der Waals surface area contributed by atoms with Crippen molar-refractivity contribution >= 4 is 0 Å². The number of nitrogens with zero attached hydrogens (tertiary/aromatic N) is 1. The van der Waals surface area contributed by atoms with Crippen LogP contribution in [0.25, 0.3) is 0 Å². The molecule has 1 atom stereocenters. The molecule has 0 spiro atoms. The lowest BCUT2D eigenvalue weighted by Gasteiger charge is -2.13. The molecule has 3 N–H and O–H groups in total. The maximum atomic E-state index is 5.70. The van der Waals surface area contributed by atoms with E-state index in [0.717, 1.165) is 29.2 Å². The van der Waals surface area contributed by atoms with Gasteiger partial charge >= 0.3 is 0 Å². The first-order valence-corrected chi connectivity index (χ1v) is 5.72. The van der Waals surface area contributed by atoms with E-state index < -0.39 is 0 Å². The third-order valence-corrected chi connectivity index (χ3v) is 2.75. The zero-order chi connectivity index (χ0) is 12.3. The number of hydrogen-bond acceptors (Lipinski definition) is 4. The number of furan rings is 1. The Morgan fingerprint density at radius 2 is 2.18 bits per heavy atom. The molecule has 0 aliphatic heterocycles. The molecule has 0 aliphatic rings. The van der Waals surface area contributed by atoms with Crippen molar-refractivity contribution < 1.29 is 4.42 Å². The van der Waals surface area contributed by atoms with E-state index in [9.17, 15) is 0 Å². The highest BCUT2D eigenvalue weighted by molar-refractivity contribution is 5.25. The lowest BCUT2D eigenvalue weighted by atomic mass is 10.1. The maximum Gasteiger partial charge on any atom is 0.126 e. The summed E-state index contributed by atoms with van der Waals surface area (Å²) < 4.78 is 5.70. The second kappa shape index (κ2) is 5.12. The zero-order valence-electron chi connectivity index (χ0n) is 10.1. The van der Waals surface area contributed by atoms with Crippen molar-refractivity contribution in [1.82, 2.24) is 10.4 Å². The molecule has 0 aliphatic carbocycles. The van der Waals surface area contributed by atoms with Crippen LogP contribution < -0.4 is 11.3 Å². The van der Waals surface area contributed by atoms with Crippen LogP contribution in [0, 0.1) is 6.92 Å². The molecule has 4 nitrogen and oxygen atoms in total. The molecular weight excluding hydrogens is 214 g/mol. The molecule has 0 radical (unpaired) electrons. The second-order valence-corrected chi connectivity index (χ2v) is 3.99. The van der Waals surface area contributed by atoms with E-state index >= 15 is 0 Å². The van der Waals surface area contributed by atoms with Crippen LogP contribution in [0.3, 0.4) is 0 Å². The van der Waals surface area contributed by atoms with Gasteiger partial charge in [-0.15, -0.1) is 0 Å². The number of hydrazine groups is 1. The lowest BCUT2D eigenvalue weighted by Crippen LogP contribution is -2.28. The Morgan fingerprint density at radius 1 is 1.35 bits per heavy atom. The smallest absolute Gasteiger partial charge is 0.126 e. The van der Waals surface area contributed by atoms with Gasteiger partial charge in [0.1, 0.15) is 17.6 Å². The predicted octanol–water partition coefficient (Wildman–Crippen LogP) is 2.10. The predicted molar refractivity (Wildman–Crippen MR) is 66.2 cm³/mol. The quantitative estimate of drug-likeness (QED) is 0.624. The van der Waals surface area contributed by atoms with Gasteiger partial charge in [-0.3, -0.25) is 10.8 Å². The van der Waals surface area contributed by atoms with Gasteiger partial charge in [0.05, 0.1) is 0 Å². The van der Waals surface area contributed by atoms with Gasteiger partial charge < -0.3 is 4.42 Å². The first-order chi connectivity index (χ1) is 8.24. The standard InChI is InChI=1S/C13H17N3O/c1-3-11-6-7-12(17-11)13(16-14)10-5-4-9(2)15-8-10/h4-8,13,16H,3,14H2,1-2H3. The first kappa shape index (κ1) is 11.8. The Kier molecular flexibility index (Phi) is 3.56. The summed E-state index contributed by atoms with van der Waals surface area (Å²) in [5.41, 5.74) is 4.74. The molecule has 4 heteroatoms. The van der Waals surface area contributed by atoms with Crippen molar-refractivity contribution in [1.29, 1.82) is 0 Å². The molecular formula is C13H17N3O. The normalized spacial score (nSPS) is 12.6. The van der Waals surface area contributed by atoms with Crippen molar-refractivity contribution in [2.24, 2.45) is 5.84 Å². The maximum absolute atomic E-state index is 5.70. The molecule has 0 bridgehead atoms. The zero-order valence-corrected chi connectivity index (χ0v) is 10.1. The molecule has 2 aromatic heterocycles. The number of aryl methyl sites for hydroxylation is 2. The summed E-state index contributed by atoms with van der Waals surface area (Å²) in [5, 5.41) is 0. The molecule has 1 unspecified atom stereocenters. The average molecular weight is 231 g/mol. The van der Waals surface area contributed by atoms with E-state index in [2.05, 4.69) is 17.3 Å². The fourth-order valence-electron chi connectivity index (χ4n) is 1.73. The van der Waals surface area contributed by atoms with Crippen LogP contribution in [-0.4, -0.2) is 4.98 Å². The van der Waals surface area contributed by atoms with Gasteiger partial charge in [-0.2, -0.15) is 0 Å². The summed E-state index contributed by atoms with van der Waals surface area (Å²) in [6.45, 7) is 4.01. The Bertz CT molecular complexity index is 476. The second-order valence-electron chi connectivity index (χ2n) is 3.99. The van der Waals surface area contributed by atoms with Gasteiger partial charge in [-0.05, 0) is 30.7 Å². The molecule has 0 saturated carbocycles. The Morgan fingerprint density at radius 3 is 2.71 bits per heavy atom. The van der Waals surface area contributed by atoms with Crippen LogP contribution in [0.4, 0.5) is 0 Å². The minimum absolute atomic E-state index is 0.150. The van der Waals surface area contributed by atoms with Crippen LogP contribution in [0.1, 0.15) is 35.7 Å². The fourth-order valence-corrected chi connectivity index (χ4v) is 1.73. The van der Waals surface area contributed by atoms with Crippen LogP contribution in [0.2, 0.25) is 0 Å². The van der Waals surface area contributed by atoms with Crippen molar-refractivity contribution in [3.8, 4) is 0 Å². The van der Waals surface area contributed by atoms with E-state index in [0.29, 0.717) is 0 Å². The Balaban J connectivity index is 2.29. The minimum Gasteiger partial charge on any atom is -0.464 e. The van der Waals surface area contributed by atoms with E-state index in [4.69, 9.17) is 10.3 Å². The highest BCUT2D eigenvalue weighted by atomic mass is 16.3. The molecule has 17 heavy (non-hydrogen) atoms. The summed E-state index contributed by atoms with van der Waals surface area (Å²) in [5.74, 6) is 7.36. The monoisotopic (exact) mass is 231 g/mol. The van der Waals surface area contributed by atoms with Crippen LogP contribution >= 0.6 is 0 Å². The topological polar surface area (TPSA) is 64.1 Å². The number of aromatic nitrogens is 1. The third kappa shape index (κ3) is 2.54. The van der Waals surface area contributed by atoms with Gasteiger partial charge in [0, 0.05) is 18.3 Å². The Labute approximate surface area is 101 Å². The van der Waals surface area contributed by atoms with E-state index in [1.54, 1.807) is 0 Å². The van der Waals surface area contributed by atoms with E-state index in [1.807, 2.05) is 37.4 Å². The lowest BCUT2D eigenvalue weighted by molar-refractivity contribution is 0.425. The molecule has 2 aromatic rings. The van der Waals surface area contributed by atoms with Gasteiger partial charge in [-0.25, -0.2) is 5.43 Å². The van der Waals surface area contributed by atoms with Crippen molar-refractivity contribution in [2.75, 3.05) is 0 Å². The largest absolute Gasteiger partial charge is 0.464 e. The number of pyridine rings is 1.